The fraction of sp³-hybridized carbons (Fsp3) is 0.294. The van der Waals surface area contributed by atoms with Crippen molar-refractivity contribution in [2.75, 3.05) is 10.7 Å². The molecule has 0 spiro atoms. The van der Waals surface area contributed by atoms with Gasteiger partial charge >= 0.3 is 0 Å². The second kappa shape index (κ2) is 7.75. The average molecular weight is 435 g/mol. The van der Waals surface area contributed by atoms with Crippen molar-refractivity contribution >= 4 is 43.5 Å². The van der Waals surface area contributed by atoms with Gasteiger partial charge in [-0.1, -0.05) is 79.9 Å². The standard InChI is InChI=1S/C17H16Br2ClF/c18-11-17(12-19,9-13-5-2-1-3-6-13)10-14-15(20)7-4-8-16(14)21/h1-8H,9-12H2. The van der Waals surface area contributed by atoms with Gasteiger partial charge in [-0.05, 0) is 36.0 Å². The number of alkyl halides is 2. The molecular weight excluding hydrogens is 418 g/mol. The Morgan fingerprint density at radius 2 is 1.57 bits per heavy atom. The lowest BCUT2D eigenvalue weighted by Gasteiger charge is -2.31. The van der Waals surface area contributed by atoms with Gasteiger partial charge in [-0.15, -0.1) is 0 Å². The van der Waals surface area contributed by atoms with Crippen LogP contribution >= 0.6 is 43.5 Å². The Labute approximate surface area is 147 Å². The lowest BCUT2D eigenvalue weighted by molar-refractivity contribution is 0.379. The SMILES string of the molecule is Fc1cccc(Cl)c1CC(CBr)(CBr)Cc1ccccc1. The molecule has 2 aromatic rings. The highest BCUT2D eigenvalue weighted by Crippen LogP contribution is 2.35. The largest absolute Gasteiger partial charge is 0.207 e. The Morgan fingerprint density at radius 3 is 2.14 bits per heavy atom. The van der Waals surface area contributed by atoms with E-state index in [0.717, 1.165) is 17.1 Å². The summed E-state index contributed by atoms with van der Waals surface area (Å²) in [7, 11) is 0. The molecular formula is C17H16Br2ClF. The molecule has 112 valence electrons. The maximum Gasteiger partial charge on any atom is 0.127 e. The van der Waals surface area contributed by atoms with Crippen LogP contribution in [0.25, 0.3) is 0 Å². The van der Waals surface area contributed by atoms with Crippen LogP contribution < -0.4 is 0 Å². The van der Waals surface area contributed by atoms with Gasteiger partial charge in [0.2, 0.25) is 0 Å². The van der Waals surface area contributed by atoms with Gasteiger partial charge in [-0.2, -0.15) is 0 Å². The van der Waals surface area contributed by atoms with Crippen LogP contribution in [-0.4, -0.2) is 10.7 Å². The first-order chi connectivity index (χ1) is 10.1. The van der Waals surface area contributed by atoms with Gasteiger partial charge < -0.3 is 0 Å². The molecule has 0 aliphatic heterocycles. The summed E-state index contributed by atoms with van der Waals surface area (Å²) in [5.74, 6) is -0.234. The summed E-state index contributed by atoms with van der Waals surface area (Å²) in [5.41, 5.74) is 1.71. The summed E-state index contributed by atoms with van der Waals surface area (Å²) >= 11 is 13.4. The first-order valence-corrected chi connectivity index (χ1v) is 9.31. The van der Waals surface area contributed by atoms with Crippen LogP contribution in [0.3, 0.4) is 0 Å². The molecule has 0 heterocycles. The van der Waals surface area contributed by atoms with Gasteiger partial charge in [0.05, 0.1) is 0 Å². The number of hydrogen-bond acceptors (Lipinski definition) is 0. The van der Waals surface area contributed by atoms with Gasteiger partial charge in [-0.3, -0.25) is 0 Å². The van der Waals surface area contributed by atoms with Crippen LogP contribution in [0.15, 0.2) is 48.5 Å². The van der Waals surface area contributed by atoms with Crippen molar-refractivity contribution in [3.8, 4) is 0 Å². The van der Waals surface area contributed by atoms with Crippen molar-refractivity contribution < 1.29 is 4.39 Å². The quantitative estimate of drug-likeness (QED) is 0.486. The lowest BCUT2D eigenvalue weighted by Crippen LogP contribution is -2.31. The minimum absolute atomic E-state index is 0.118. The molecule has 21 heavy (non-hydrogen) atoms. The Kier molecular flexibility index (Phi) is 6.27. The minimum Gasteiger partial charge on any atom is -0.207 e. The van der Waals surface area contributed by atoms with Crippen LogP contribution in [-0.2, 0) is 12.8 Å². The zero-order valence-electron chi connectivity index (χ0n) is 11.5. The Hall–Kier alpha value is -0.380. The summed E-state index contributed by atoms with van der Waals surface area (Å²) in [6, 6.07) is 15.1. The molecule has 0 aliphatic rings. The molecule has 0 aliphatic carbocycles. The number of halogens is 4. The average Bonchev–Trinajstić information content (AvgIpc) is 2.51. The highest BCUT2D eigenvalue weighted by atomic mass is 79.9. The maximum atomic E-state index is 14.1. The summed E-state index contributed by atoms with van der Waals surface area (Å²) in [6.07, 6.45) is 1.44. The second-order valence-corrected chi connectivity index (χ2v) is 6.84. The van der Waals surface area contributed by atoms with Gasteiger partial charge in [0.15, 0.2) is 0 Å². The predicted molar refractivity (Wildman–Crippen MR) is 95.3 cm³/mol. The third-order valence-corrected chi connectivity index (χ3v) is 6.34. The molecule has 4 heteroatoms. The van der Waals surface area contributed by atoms with E-state index in [1.54, 1.807) is 12.1 Å². The Bertz CT molecular complexity index is 562. The molecule has 0 aromatic heterocycles. The number of hydrogen-bond donors (Lipinski definition) is 0. The molecule has 0 fully saturated rings. The van der Waals surface area contributed by atoms with Gasteiger partial charge in [0.1, 0.15) is 5.82 Å². The first kappa shape index (κ1) is 17.0. The van der Waals surface area contributed by atoms with E-state index in [2.05, 4.69) is 44.0 Å². The van der Waals surface area contributed by atoms with E-state index in [0.29, 0.717) is 17.0 Å². The summed E-state index contributed by atoms with van der Waals surface area (Å²) in [6.45, 7) is 0. The number of benzene rings is 2. The molecule has 0 bridgehead atoms. The third kappa shape index (κ3) is 4.30. The van der Waals surface area contributed by atoms with E-state index in [9.17, 15) is 4.39 Å². The van der Waals surface area contributed by atoms with E-state index < -0.39 is 0 Å². The number of rotatable bonds is 6. The highest BCUT2D eigenvalue weighted by Gasteiger charge is 2.30. The molecule has 0 nitrogen and oxygen atoms in total. The van der Waals surface area contributed by atoms with Crippen molar-refractivity contribution in [2.45, 2.75) is 12.8 Å². The topological polar surface area (TPSA) is 0 Å². The molecule has 2 aromatic carbocycles. The molecule has 0 atom stereocenters. The van der Waals surface area contributed by atoms with Crippen LogP contribution in [0.1, 0.15) is 11.1 Å². The molecule has 0 saturated heterocycles. The first-order valence-electron chi connectivity index (χ1n) is 6.69. The summed E-state index contributed by atoms with van der Waals surface area (Å²) in [4.78, 5) is 0. The van der Waals surface area contributed by atoms with Crippen LogP contribution in [0.5, 0.6) is 0 Å². The molecule has 0 N–H and O–H groups in total. The van der Waals surface area contributed by atoms with E-state index in [4.69, 9.17) is 11.6 Å². The monoisotopic (exact) mass is 432 g/mol. The lowest BCUT2D eigenvalue weighted by atomic mass is 9.80. The predicted octanol–water partition coefficient (Wildman–Crippen LogP) is 6.04. The summed E-state index contributed by atoms with van der Waals surface area (Å²) in [5, 5.41) is 2.03. The molecule has 2 rings (SSSR count). The zero-order chi connectivity index (χ0) is 15.3. The van der Waals surface area contributed by atoms with E-state index in [1.165, 1.54) is 11.6 Å². The highest BCUT2D eigenvalue weighted by molar-refractivity contribution is 9.09. The van der Waals surface area contributed by atoms with Crippen molar-refractivity contribution in [2.24, 2.45) is 5.41 Å². The van der Waals surface area contributed by atoms with E-state index in [-0.39, 0.29) is 11.2 Å². The van der Waals surface area contributed by atoms with Crippen molar-refractivity contribution in [3.05, 3.63) is 70.5 Å². The van der Waals surface area contributed by atoms with Gasteiger partial charge in [-0.25, -0.2) is 4.39 Å². The fourth-order valence-electron chi connectivity index (χ4n) is 2.39. The normalized spacial score (nSPS) is 11.6. The van der Waals surface area contributed by atoms with E-state index in [1.807, 2.05) is 18.2 Å². The van der Waals surface area contributed by atoms with Crippen LogP contribution in [0.4, 0.5) is 4.39 Å². The van der Waals surface area contributed by atoms with Crippen LogP contribution in [0.2, 0.25) is 5.02 Å². The second-order valence-electron chi connectivity index (χ2n) is 5.31. The van der Waals surface area contributed by atoms with Crippen molar-refractivity contribution in [1.29, 1.82) is 0 Å². The zero-order valence-corrected chi connectivity index (χ0v) is 15.4. The Morgan fingerprint density at radius 1 is 0.905 bits per heavy atom. The van der Waals surface area contributed by atoms with Crippen molar-refractivity contribution in [1.82, 2.24) is 0 Å². The maximum absolute atomic E-state index is 14.1. The van der Waals surface area contributed by atoms with Gasteiger partial charge in [0.25, 0.3) is 0 Å². The third-order valence-electron chi connectivity index (χ3n) is 3.60. The molecule has 0 unspecified atom stereocenters. The molecule has 0 saturated carbocycles. The minimum atomic E-state index is -0.234. The summed E-state index contributed by atoms with van der Waals surface area (Å²) < 4.78 is 14.1. The van der Waals surface area contributed by atoms with E-state index >= 15 is 0 Å². The molecule has 0 amide bonds. The van der Waals surface area contributed by atoms with Crippen LogP contribution in [0, 0.1) is 11.2 Å². The smallest absolute Gasteiger partial charge is 0.127 e. The fourth-order valence-corrected chi connectivity index (χ4v) is 4.34. The van der Waals surface area contributed by atoms with Crippen molar-refractivity contribution in [3.63, 3.8) is 0 Å². The Balaban J connectivity index is 2.30. The molecule has 0 radical (unpaired) electrons. The van der Waals surface area contributed by atoms with Gasteiger partial charge in [0, 0.05) is 21.2 Å².